The van der Waals surface area contributed by atoms with E-state index in [4.69, 9.17) is 11.5 Å². The second kappa shape index (κ2) is 4.82. The van der Waals surface area contributed by atoms with Crippen LogP contribution in [0.3, 0.4) is 0 Å². The Balaban J connectivity index is 2.05. The predicted octanol–water partition coefficient (Wildman–Crippen LogP) is 1.19. The van der Waals surface area contributed by atoms with Gasteiger partial charge in [0.05, 0.1) is 17.6 Å². The second-order valence-corrected chi connectivity index (χ2v) is 4.99. The third-order valence-electron chi connectivity index (χ3n) is 2.73. The number of anilines is 1. The number of aromatic nitrogens is 4. The number of nitrogens with two attached hydrogens (primary N) is 2. The van der Waals surface area contributed by atoms with E-state index in [-0.39, 0.29) is 0 Å². The maximum Gasteiger partial charge on any atom is 0.250 e. The summed E-state index contributed by atoms with van der Waals surface area (Å²) in [6.45, 7) is 0. The van der Waals surface area contributed by atoms with Gasteiger partial charge in [0.1, 0.15) is 16.9 Å². The predicted molar refractivity (Wildman–Crippen MR) is 75.2 cm³/mol. The Morgan fingerprint density at radius 1 is 1.25 bits per heavy atom. The Bertz CT molecular complexity index is 799. The lowest BCUT2D eigenvalue weighted by molar-refractivity contribution is 0.100. The van der Waals surface area contributed by atoms with Crippen LogP contribution in [0.1, 0.15) is 10.4 Å². The number of nitrogens with zero attached hydrogens (tertiary/aromatic N) is 3. The Morgan fingerprint density at radius 2 is 2.10 bits per heavy atom. The first-order valence-corrected chi connectivity index (χ1v) is 6.48. The number of rotatable bonds is 3. The molecule has 0 radical (unpaired) electrons. The van der Waals surface area contributed by atoms with Gasteiger partial charge in [-0.3, -0.25) is 4.79 Å². The van der Waals surface area contributed by atoms with E-state index in [0.29, 0.717) is 26.8 Å². The van der Waals surface area contributed by atoms with Crippen molar-refractivity contribution in [1.82, 2.24) is 19.9 Å². The third-order valence-corrected chi connectivity index (χ3v) is 3.81. The van der Waals surface area contributed by atoms with Crippen molar-refractivity contribution in [2.75, 3.05) is 5.73 Å². The van der Waals surface area contributed by atoms with Gasteiger partial charge in [-0.2, -0.15) is 0 Å². The van der Waals surface area contributed by atoms with Crippen molar-refractivity contribution in [3.8, 4) is 0 Å². The topological polar surface area (TPSA) is 124 Å². The van der Waals surface area contributed by atoms with Crippen molar-refractivity contribution in [3.63, 3.8) is 0 Å². The maximum atomic E-state index is 11.3. The van der Waals surface area contributed by atoms with Crippen LogP contribution in [0.15, 0.2) is 40.8 Å². The third kappa shape index (κ3) is 2.05. The van der Waals surface area contributed by atoms with Gasteiger partial charge < -0.3 is 16.5 Å². The summed E-state index contributed by atoms with van der Waals surface area (Å²) in [7, 11) is 0. The van der Waals surface area contributed by atoms with Crippen LogP contribution >= 0.6 is 11.8 Å². The number of primary amides is 1. The number of fused-ring (bicyclic) bond motifs is 1. The normalized spacial score (nSPS) is 10.8. The lowest BCUT2D eigenvalue weighted by Gasteiger charge is -2.08. The molecule has 7 nitrogen and oxygen atoms in total. The highest BCUT2D eigenvalue weighted by Crippen LogP contribution is 2.34. The molecule has 0 unspecified atom stereocenters. The molecule has 3 rings (SSSR count). The number of nitrogen functional groups attached to an aromatic ring is 1. The molecule has 0 fully saturated rings. The molecular weight excluding hydrogens is 276 g/mol. The Kier molecular flexibility index (Phi) is 2.99. The SMILES string of the molecule is NC(=O)c1cccc(Sc2ncnc3nc[nH]c23)c1N. The first kappa shape index (κ1) is 12.4. The number of nitrogens with one attached hydrogen (secondary N) is 1. The van der Waals surface area contributed by atoms with Crippen molar-refractivity contribution < 1.29 is 4.79 Å². The summed E-state index contributed by atoms with van der Waals surface area (Å²) in [5.41, 5.74) is 13.2. The first-order valence-electron chi connectivity index (χ1n) is 5.67. The molecule has 3 aromatic rings. The van der Waals surface area contributed by atoms with Crippen LogP contribution < -0.4 is 11.5 Å². The lowest BCUT2D eigenvalue weighted by Crippen LogP contribution is -2.13. The zero-order chi connectivity index (χ0) is 14.1. The molecule has 2 aromatic heterocycles. The van der Waals surface area contributed by atoms with Crippen molar-refractivity contribution in [1.29, 1.82) is 0 Å². The number of aromatic amines is 1. The van der Waals surface area contributed by atoms with Gasteiger partial charge in [-0.15, -0.1) is 0 Å². The van der Waals surface area contributed by atoms with Crippen LogP contribution in [0.2, 0.25) is 0 Å². The molecule has 0 aliphatic heterocycles. The van der Waals surface area contributed by atoms with Crippen LogP contribution in [0.5, 0.6) is 0 Å². The highest BCUT2D eigenvalue weighted by molar-refractivity contribution is 7.99. The van der Waals surface area contributed by atoms with E-state index in [1.807, 2.05) is 0 Å². The Labute approximate surface area is 117 Å². The van der Waals surface area contributed by atoms with E-state index in [9.17, 15) is 4.79 Å². The van der Waals surface area contributed by atoms with Gasteiger partial charge in [0.2, 0.25) is 0 Å². The van der Waals surface area contributed by atoms with Gasteiger partial charge in [-0.25, -0.2) is 15.0 Å². The standard InChI is InChI=1S/C12H10N6OS/c13-8-6(10(14)19)2-1-3-7(8)20-12-9-11(16-4-15-9)17-5-18-12/h1-5H,13H2,(H2,14,19)(H,15,16,17,18). The van der Waals surface area contributed by atoms with Crippen LogP contribution in [-0.4, -0.2) is 25.8 Å². The number of para-hydroxylation sites is 1. The van der Waals surface area contributed by atoms with E-state index in [1.54, 1.807) is 24.5 Å². The molecular formula is C12H10N6OS. The zero-order valence-corrected chi connectivity index (χ0v) is 11.0. The number of carbonyl (C=O) groups excluding carboxylic acids is 1. The number of amides is 1. The van der Waals surface area contributed by atoms with Gasteiger partial charge in [0, 0.05) is 4.90 Å². The Morgan fingerprint density at radius 3 is 2.90 bits per heavy atom. The molecule has 0 atom stereocenters. The molecule has 0 bridgehead atoms. The van der Waals surface area contributed by atoms with E-state index in [0.717, 1.165) is 5.52 Å². The minimum atomic E-state index is -0.556. The molecule has 8 heteroatoms. The molecule has 1 amide bonds. The smallest absolute Gasteiger partial charge is 0.250 e. The van der Waals surface area contributed by atoms with Crippen LogP contribution in [0.4, 0.5) is 5.69 Å². The molecule has 5 N–H and O–H groups in total. The van der Waals surface area contributed by atoms with Gasteiger partial charge in [0.25, 0.3) is 5.91 Å². The fourth-order valence-corrected chi connectivity index (χ4v) is 2.70. The van der Waals surface area contributed by atoms with Crippen molar-refractivity contribution in [2.24, 2.45) is 5.73 Å². The van der Waals surface area contributed by atoms with Crippen LogP contribution in [-0.2, 0) is 0 Å². The number of hydrogen-bond donors (Lipinski definition) is 3. The minimum absolute atomic E-state index is 0.296. The molecule has 0 spiro atoms. The fraction of sp³-hybridized carbons (Fsp3) is 0. The number of H-pyrrole nitrogens is 1. The fourth-order valence-electron chi connectivity index (χ4n) is 1.77. The number of carbonyl (C=O) groups is 1. The van der Waals surface area contributed by atoms with Crippen LogP contribution in [0.25, 0.3) is 11.2 Å². The molecule has 1 aromatic carbocycles. The summed E-state index contributed by atoms with van der Waals surface area (Å²) in [6.07, 6.45) is 2.98. The molecule has 0 saturated heterocycles. The maximum absolute atomic E-state index is 11.3. The van der Waals surface area contributed by atoms with E-state index in [2.05, 4.69) is 19.9 Å². The number of hydrogen-bond acceptors (Lipinski definition) is 6. The molecule has 0 aliphatic carbocycles. The molecule has 0 saturated carbocycles. The summed E-state index contributed by atoms with van der Waals surface area (Å²) < 4.78 is 0. The van der Waals surface area contributed by atoms with Crippen molar-refractivity contribution in [2.45, 2.75) is 9.92 Å². The Hall–Kier alpha value is -2.61. The number of imidazole rings is 1. The summed E-state index contributed by atoms with van der Waals surface area (Å²) in [4.78, 5) is 27.3. The second-order valence-electron chi connectivity index (χ2n) is 3.96. The van der Waals surface area contributed by atoms with E-state index >= 15 is 0 Å². The zero-order valence-electron chi connectivity index (χ0n) is 10.2. The summed E-state index contributed by atoms with van der Waals surface area (Å²) in [5, 5.41) is 0.681. The average Bonchev–Trinajstić information content (AvgIpc) is 2.90. The average molecular weight is 286 g/mol. The van der Waals surface area contributed by atoms with E-state index in [1.165, 1.54) is 18.1 Å². The highest BCUT2D eigenvalue weighted by atomic mass is 32.2. The molecule has 2 heterocycles. The van der Waals surface area contributed by atoms with Crippen molar-refractivity contribution in [3.05, 3.63) is 36.4 Å². The van der Waals surface area contributed by atoms with Gasteiger partial charge in [-0.05, 0) is 12.1 Å². The number of benzene rings is 1. The quantitative estimate of drug-likeness (QED) is 0.490. The molecule has 20 heavy (non-hydrogen) atoms. The summed E-state index contributed by atoms with van der Waals surface area (Å²) >= 11 is 1.32. The van der Waals surface area contributed by atoms with Crippen LogP contribution in [0, 0.1) is 0 Å². The minimum Gasteiger partial charge on any atom is -0.397 e. The van der Waals surface area contributed by atoms with Gasteiger partial charge >= 0.3 is 0 Å². The highest BCUT2D eigenvalue weighted by Gasteiger charge is 2.13. The van der Waals surface area contributed by atoms with Crippen molar-refractivity contribution >= 4 is 34.5 Å². The molecule has 0 aliphatic rings. The monoisotopic (exact) mass is 286 g/mol. The summed E-state index contributed by atoms with van der Waals surface area (Å²) in [5.74, 6) is -0.556. The molecule has 100 valence electrons. The summed E-state index contributed by atoms with van der Waals surface area (Å²) in [6, 6.07) is 5.12. The van der Waals surface area contributed by atoms with Gasteiger partial charge in [0.15, 0.2) is 5.65 Å². The van der Waals surface area contributed by atoms with Gasteiger partial charge in [-0.1, -0.05) is 17.8 Å². The lowest BCUT2D eigenvalue weighted by atomic mass is 10.2. The van der Waals surface area contributed by atoms with E-state index < -0.39 is 5.91 Å². The largest absolute Gasteiger partial charge is 0.397 e. The first-order chi connectivity index (χ1) is 9.66.